The van der Waals surface area contributed by atoms with Gasteiger partial charge in [0.2, 0.25) is 0 Å². The number of rotatable bonds is 9. The molecule has 1 aliphatic carbocycles. The molecular weight excluding hydrogens is 438 g/mol. The highest BCUT2D eigenvalue weighted by Crippen LogP contribution is 2.34. The van der Waals surface area contributed by atoms with Crippen LogP contribution < -0.4 is 10.9 Å². The third kappa shape index (κ3) is 6.96. The van der Waals surface area contributed by atoms with Crippen LogP contribution in [0, 0.1) is 0 Å². The molecule has 2 aromatic heterocycles. The number of aromatic nitrogens is 2. The lowest BCUT2D eigenvalue weighted by molar-refractivity contribution is -0.143. The molecule has 0 radical (unpaired) electrons. The van der Waals surface area contributed by atoms with E-state index >= 15 is 0 Å². The van der Waals surface area contributed by atoms with Crippen LogP contribution in [0.25, 0.3) is 10.2 Å². The SMILES string of the molecule is CC(C)(C)OC(=O)NCCCOC(=O)CCSCc1nc2sc3c(c2c(=O)[nH]1)CCC3. The van der Waals surface area contributed by atoms with Crippen molar-refractivity contribution in [3.05, 3.63) is 26.6 Å². The number of amides is 1. The van der Waals surface area contributed by atoms with Gasteiger partial charge in [-0.1, -0.05) is 0 Å². The zero-order valence-corrected chi connectivity index (χ0v) is 19.8. The first-order valence-corrected chi connectivity index (χ1v) is 12.4. The van der Waals surface area contributed by atoms with Crippen LogP contribution in [0.2, 0.25) is 0 Å². The maximum Gasteiger partial charge on any atom is 0.407 e. The summed E-state index contributed by atoms with van der Waals surface area (Å²) in [6.45, 7) is 6.02. The Labute approximate surface area is 189 Å². The van der Waals surface area contributed by atoms with Gasteiger partial charge < -0.3 is 19.8 Å². The van der Waals surface area contributed by atoms with Gasteiger partial charge in [-0.3, -0.25) is 9.59 Å². The number of thiophene rings is 1. The van der Waals surface area contributed by atoms with Crippen LogP contribution in [0.3, 0.4) is 0 Å². The molecule has 0 aromatic carbocycles. The minimum atomic E-state index is -0.535. The topological polar surface area (TPSA) is 110 Å². The van der Waals surface area contributed by atoms with Crippen molar-refractivity contribution in [2.45, 2.75) is 64.2 Å². The molecule has 0 unspecified atom stereocenters. The van der Waals surface area contributed by atoms with Gasteiger partial charge in [0.15, 0.2) is 0 Å². The van der Waals surface area contributed by atoms with Crippen LogP contribution in [-0.4, -0.2) is 46.5 Å². The third-order valence-corrected chi connectivity index (χ3v) is 6.72. The molecule has 0 spiro atoms. The predicted molar refractivity (Wildman–Crippen MR) is 123 cm³/mol. The Kier molecular flexibility index (Phi) is 7.99. The van der Waals surface area contributed by atoms with E-state index < -0.39 is 11.7 Å². The van der Waals surface area contributed by atoms with Crippen molar-refractivity contribution in [3.8, 4) is 0 Å². The molecule has 2 heterocycles. The summed E-state index contributed by atoms with van der Waals surface area (Å²) in [6.07, 6.45) is 3.45. The van der Waals surface area contributed by atoms with Crippen LogP contribution >= 0.6 is 23.1 Å². The Balaban J connectivity index is 1.31. The molecule has 2 N–H and O–H groups in total. The predicted octanol–water partition coefficient (Wildman–Crippen LogP) is 3.55. The fourth-order valence-electron chi connectivity index (χ4n) is 3.27. The van der Waals surface area contributed by atoms with E-state index in [1.54, 1.807) is 32.1 Å². The highest BCUT2D eigenvalue weighted by Gasteiger charge is 2.21. The first-order chi connectivity index (χ1) is 14.7. The number of carbonyl (C=O) groups is 2. The molecule has 0 fully saturated rings. The lowest BCUT2D eigenvalue weighted by Crippen LogP contribution is -2.33. The average molecular weight is 468 g/mol. The number of aromatic amines is 1. The largest absolute Gasteiger partial charge is 0.466 e. The van der Waals surface area contributed by atoms with Crippen LogP contribution in [0.1, 0.15) is 56.3 Å². The van der Waals surface area contributed by atoms with Gasteiger partial charge in [0.25, 0.3) is 5.56 Å². The number of hydrogen-bond acceptors (Lipinski definition) is 8. The summed E-state index contributed by atoms with van der Waals surface area (Å²) in [5, 5.41) is 3.38. The maximum atomic E-state index is 12.4. The smallest absolute Gasteiger partial charge is 0.407 e. The standard InChI is InChI=1S/C21H29N3O5S2/c1-21(2,3)29-20(27)22-9-5-10-28-16(25)8-11-30-12-15-23-18(26)17-13-6-4-7-14(13)31-19(17)24-15/h4-12H2,1-3H3,(H,22,27)(H,23,24,26). The fourth-order valence-corrected chi connectivity index (χ4v) is 5.34. The minimum Gasteiger partial charge on any atom is -0.466 e. The number of carbonyl (C=O) groups excluding carboxylic acids is 2. The van der Waals surface area contributed by atoms with E-state index in [0.717, 1.165) is 29.5 Å². The minimum absolute atomic E-state index is 0.0561. The van der Waals surface area contributed by atoms with E-state index in [1.165, 1.54) is 22.2 Å². The van der Waals surface area contributed by atoms with E-state index in [0.29, 0.717) is 30.3 Å². The van der Waals surface area contributed by atoms with Crippen molar-refractivity contribution >= 4 is 45.4 Å². The molecule has 0 atom stereocenters. The first kappa shape index (κ1) is 23.6. The van der Waals surface area contributed by atoms with Gasteiger partial charge in [-0.15, -0.1) is 11.3 Å². The number of ether oxygens (including phenoxy) is 2. The number of thioether (sulfide) groups is 1. The summed E-state index contributed by atoms with van der Waals surface area (Å²) in [4.78, 5) is 45.4. The number of esters is 1. The molecule has 3 rings (SSSR count). The summed E-state index contributed by atoms with van der Waals surface area (Å²) in [7, 11) is 0. The van der Waals surface area contributed by atoms with Gasteiger partial charge in [0.05, 0.1) is 24.2 Å². The van der Waals surface area contributed by atoms with E-state index in [9.17, 15) is 14.4 Å². The van der Waals surface area contributed by atoms with Gasteiger partial charge in [0, 0.05) is 17.2 Å². The van der Waals surface area contributed by atoms with E-state index in [1.807, 2.05) is 0 Å². The number of alkyl carbamates (subject to hydrolysis) is 1. The number of nitrogens with one attached hydrogen (secondary N) is 2. The van der Waals surface area contributed by atoms with Gasteiger partial charge in [-0.2, -0.15) is 11.8 Å². The Morgan fingerprint density at radius 1 is 1.29 bits per heavy atom. The number of hydrogen-bond donors (Lipinski definition) is 2. The first-order valence-electron chi connectivity index (χ1n) is 10.5. The quantitative estimate of drug-likeness (QED) is 0.428. The zero-order chi connectivity index (χ0) is 22.4. The molecule has 1 amide bonds. The molecule has 2 aromatic rings. The van der Waals surface area contributed by atoms with Crippen LogP contribution in [-0.2, 0) is 32.9 Å². The molecule has 0 aliphatic heterocycles. The molecule has 10 heteroatoms. The van der Waals surface area contributed by atoms with Crippen LogP contribution in [0.5, 0.6) is 0 Å². The normalized spacial score (nSPS) is 13.3. The van der Waals surface area contributed by atoms with Gasteiger partial charge in [-0.25, -0.2) is 9.78 Å². The maximum absolute atomic E-state index is 12.4. The number of H-pyrrole nitrogens is 1. The second-order valence-electron chi connectivity index (χ2n) is 8.36. The summed E-state index contributed by atoms with van der Waals surface area (Å²) < 4.78 is 10.3. The van der Waals surface area contributed by atoms with Crippen molar-refractivity contribution in [1.29, 1.82) is 0 Å². The molecule has 8 nitrogen and oxygen atoms in total. The fraction of sp³-hybridized carbons (Fsp3) is 0.619. The van der Waals surface area contributed by atoms with Crippen molar-refractivity contribution < 1.29 is 19.1 Å². The number of aryl methyl sites for hydroxylation is 2. The van der Waals surface area contributed by atoms with Gasteiger partial charge >= 0.3 is 12.1 Å². The van der Waals surface area contributed by atoms with Crippen molar-refractivity contribution in [2.75, 3.05) is 18.9 Å². The Hall–Kier alpha value is -2.07. The zero-order valence-electron chi connectivity index (χ0n) is 18.2. The molecule has 0 bridgehead atoms. The Morgan fingerprint density at radius 3 is 2.87 bits per heavy atom. The lowest BCUT2D eigenvalue weighted by atomic mass is 10.2. The van der Waals surface area contributed by atoms with Crippen LogP contribution in [0.15, 0.2) is 4.79 Å². The number of fused-ring (bicyclic) bond motifs is 3. The summed E-state index contributed by atoms with van der Waals surface area (Å²) >= 11 is 3.16. The molecule has 0 saturated carbocycles. The monoisotopic (exact) mass is 467 g/mol. The molecule has 0 saturated heterocycles. The highest BCUT2D eigenvalue weighted by molar-refractivity contribution is 7.98. The van der Waals surface area contributed by atoms with E-state index in [4.69, 9.17) is 9.47 Å². The molecule has 170 valence electrons. The second kappa shape index (κ2) is 10.5. The Morgan fingerprint density at radius 2 is 2.10 bits per heavy atom. The molecule has 1 aliphatic rings. The Bertz CT molecular complexity index is 993. The second-order valence-corrected chi connectivity index (χ2v) is 10.5. The lowest BCUT2D eigenvalue weighted by Gasteiger charge is -2.19. The van der Waals surface area contributed by atoms with Crippen molar-refractivity contribution in [3.63, 3.8) is 0 Å². The molecule has 31 heavy (non-hydrogen) atoms. The van der Waals surface area contributed by atoms with Gasteiger partial charge in [0.1, 0.15) is 16.3 Å². The average Bonchev–Trinajstić information content (AvgIpc) is 3.24. The number of nitrogens with zero attached hydrogens (tertiary/aromatic N) is 1. The summed E-state index contributed by atoms with van der Waals surface area (Å²) in [5.74, 6) is 1.48. The summed E-state index contributed by atoms with van der Waals surface area (Å²) in [5.41, 5.74) is 0.586. The van der Waals surface area contributed by atoms with E-state index in [2.05, 4.69) is 15.3 Å². The summed E-state index contributed by atoms with van der Waals surface area (Å²) in [6, 6.07) is 0. The van der Waals surface area contributed by atoms with Crippen molar-refractivity contribution in [1.82, 2.24) is 15.3 Å². The molecular formula is C21H29N3O5S2. The third-order valence-electron chi connectivity index (χ3n) is 4.57. The van der Waals surface area contributed by atoms with E-state index in [-0.39, 0.29) is 24.6 Å². The highest BCUT2D eigenvalue weighted by atomic mass is 32.2. The van der Waals surface area contributed by atoms with Gasteiger partial charge in [-0.05, 0) is 52.0 Å². The van der Waals surface area contributed by atoms with Crippen LogP contribution in [0.4, 0.5) is 4.79 Å². The van der Waals surface area contributed by atoms with Crippen molar-refractivity contribution in [2.24, 2.45) is 0 Å².